The Morgan fingerprint density at radius 2 is 1.71 bits per heavy atom. The van der Waals surface area contributed by atoms with Crippen molar-refractivity contribution in [1.82, 2.24) is 10.2 Å². The van der Waals surface area contributed by atoms with Crippen LogP contribution in [-0.4, -0.2) is 63.2 Å². The van der Waals surface area contributed by atoms with Gasteiger partial charge in [0.15, 0.2) is 11.5 Å². The van der Waals surface area contributed by atoms with Crippen molar-refractivity contribution in [3.63, 3.8) is 0 Å². The van der Waals surface area contributed by atoms with Crippen LogP contribution in [0.15, 0.2) is 42.5 Å². The molecule has 0 saturated carbocycles. The number of nitrogens with zero attached hydrogens (tertiary/aromatic N) is 2. The normalized spacial score (nSPS) is 14.3. The van der Waals surface area contributed by atoms with Crippen molar-refractivity contribution in [2.75, 3.05) is 30.3 Å². The molecule has 3 rings (SSSR count). The number of nitrogens with one attached hydrogen (secondary N) is 1. The lowest BCUT2D eigenvalue weighted by atomic mass is 10.1. The van der Waals surface area contributed by atoms with Crippen molar-refractivity contribution in [2.24, 2.45) is 0 Å². The predicted octanol–water partition coefficient (Wildman–Crippen LogP) is 3.48. The summed E-state index contributed by atoms with van der Waals surface area (Å²) in [4.78, 5) is 27.6. The average Bonchev–Trinajstić information content (AvgIpc) is 2.89. The minimum atomic E-state index is -3.65. The fraction of sp³-hybridized carbons (Fsp3) is 0.481. The lowest BCUT2D eigenvalue weighted by molar-refractivity contribution is -0.140. The molecule has 0 spiro atoms. The van der Waals surface area contributed by atoms with Crippen LogP contribution in [0.1, 0.15) is 45.6 Å². The lowest BCUT2D eigenvalue weighted by Gasteiger charge is -2.30. The van der Waals surface area contributed by atoms with Gasteiger partial charge in [-0.3, -0.25) is 13.9 Å². The van der Waals surface area contributed by atoms with Gasteiger partial charge in [0, 0.05) is 31.6 Å². The maximum Gasteiger partial charge on any atom is 0.242 e. The second-order valence-corrected chi connectivity index (χ2v) is 11.3. The fourth-order valence-corrected chi connectivity index (χ4v) is 4.98. The molecule has 9 nitrogen and oxygen atoms in total. The van der Waals surface area contributed by atoms with Crippen molar-refractivity contribution < 1.29 is 31.9 Å². The molecule has 0 unspecified atom stereocenters. The fourth-order valence-electron chi connectivity index (χ4n) is 4.03. The van der Waals surface area contributed by atoms with E-state index in [2.05, 4.69) is 5.32 Å². The predicted molar refractivity (Wildman–Crippen MR) is 143 cm³/mol. The van der Waals surface area contributed by atoms with Gasteiger partial charge in [0.2, 0.25) is 21.8 Å². The summed E-state index contributed by atoms with van der Waals surface area (Å²) in [6.07, 6.45) is 2.08. The number of rotatable bonds is 12. The Balaban J connectivity index is 1.73. The lowest BCUT2D eigenvalue weighted by Crippen LogP contribution is -2.49. The highest BCUT2D eigenvalue weighted by molar-refractivity contribution is 7.92. The van der Waals surface area contributed by atoms with E-state index in [0.717, 1.165) is 12.7 Å². The maximum atomic E-state index is 13.4. The Hall–Kier alpha value is -3.34. The molecule has 0 fully saturated rings. The molecule has 208 valence electrons. The summed E-state index contributed by atoms with van der Waals surface area (Å²) in [6.45, 7) is 6.45. The molecule has 38 heavy (non-hydrogen) atoms. The minimum Gasteiger partial charge on any atom is -0.486 e. The van der Waals surface area contributed by atoms with Gasteiger partial charge in [-0.2, -0.15) is 0 Å². The van der Waals surface area contributed by atoms with Crippen LogP contribution in [0.2, 0.25) is 0 Å². The summed E-state index contributed by atoms with van der Waals surface area (Å²) in [6, 6.07) is 9.84. The van der Waals surface area contributed by atoms with Crippen LogP contribution in [0.5, 0.6) is 11.5 Å². The Morgan fingerprint density at radius 3 is 2.34 bits per heavy atom. The minimum absolute atomic E-state index is 0.0126. The zero-order valence-corrected chi connectivity index (χ0v) is 23.1. The van der Waals surface area contributed by atoms with Crippen molar-refractivity contribution in [3.8, 4) is 11.5 Å². The number of carbonyl (C=O) groups is 2. The first-order chi connectivity index (χ1) is 18.0. The van der Waals surface area contributed by atoms with Crippen LogP contribution < -0.4 is 19.1 Å². The van der Waals surface area contributed by atoms with Gasteiger partial charge in [0.1, 0.15) is 25.1 Å². The van der Waals surface area contributed by atoms with Crippen LogP contribution in [0.25, 0.3) is 0 Å². The average molecular weight is 550 g/mol. The molecule has 2 aromatic rings. The zero-order valence-electron chi connectivity index (χ0n) is 22.3. The molecule has 0 radical (unpaired) electrons. The third-order valence-electron chi connectivity index (χ3n) is 6.40. The van der Waals surface area contributed by atoms with Crippen LogP contribution in [0.4, 0.5) is 10.1 Å². The van der Waals surface area contributed by atoms with Gasteiger partial charge < -0.3 is 19.7 Å². The molecular formula is C27H36FN3O6S. The number of carbonyl (C=O) groups excluding carboxylic acids is 2. The summed E-state index contributed by atoms with van der Waals surface area (Å²) >= 11 is 0. The molecule has 11 heteroatoms. The third kappa shape index (κ3) is 7.83. The SMILES string of the molecule is CC[C@H](C)NC(=O)[C@H](C)N(Cc1ccc(F)cc1)C(=O)CCCN(c1ccc2c(c1)OCCO2)S(C)(=O)=O. The van der Waals surface area contributed by atoms with Gasteiger partial charge in [-0.15, -0.1) is 0 Å². The molecule has 0 saturated heterocycles. The van der Waals surface area contributed by atoms with E-state index in [1.807, 2.05) is 13.8 Å². The van der Waals surface area contributed by atoms with Gasteiger partial charge >= 0.3 is 0 Å². The number of hydrogen-bond acceptors (Lipinski definition) is 6. The van der Waals surface area contributed by atoms with Crippen molar-refractivity contribution in [1.29, 1.82) is 0 Å². The second-order valence-electron chi connectivity index (χ2n) is 9.41. The number of halogens is 1. The standard InChI is InChI=1S/C27H36FN3O6S/c1-5-19(2)29-27(33)20(3)30(18-21-8-10-22(28)11-9-21)26(32)7-6-14-31(38(4,34)35)23-12-13-24-25(17-23)37-16-15-36-24/h8-13,17,19-20H,5-7,14-16,18H2,1-4H3,(H,29,33)/t19-,20-/m0/s1. The van der Waals surface area contributed by atoms with E-state index in [9.17, 15) is 22.4 Å². The molecule has 0 aliphatic carbocycles. The summed E-state index contributed by atoms with van der Waals surface area (Å²) < 4.78 is 50.9. The smallest absolute Gasteiger partial charge is 0.242 e. The summed E-state index contributed by atoms with van der Waals surface area (Å²) in [5, 5.41) is 2.90. The first-order valence-corrected chi connectivity index (χ1v) is 14.6. The van der Waals surface area contributed by atoms with E-state index in [0.29, 0.717) is 36.0 Å². The molecule has 1 aliphatic rings. The van der Waals surface area contributed by atoms with Crippen LogP contribution >= 0.6 is 0 Å². The highest BCUT2D eigenvalue weighted by Gasteiger charge is 2.27. The number of amides is 2. The third-order valence-corrected chi connectivity index (χ3v) is 7.59. The first-order valence-electron chi connectivity index (χ1n) is 12.7. The number of hydrogen-bond donors (Lipinski definition) is 1. The Kier molecular flexibility index (Phi) is 9.96. The van der Waals surface area contributed by atoms with Gasteiger partial charge in [0.25, 0.3) is 0 Å². The molecular weight excluding hydrogens is 513 g/mol. The summed E-state index contributed by atoms with van der Waals surface area (Å²) in [5.41, 5.74) is 1.09. The van der Waals surface area contributed by atoms with Crippen LogP contribution in [-0.2, 0) is 26.2 Å². The zero-order chi connectivity index (χ0) is 27.9. The van der Waals surface area contributed by atoms with E-state index in [-0.39, 0.29) is 43.8 Å². The quantitative estimate of drug-likeness (QED) is 0.435. The number of sulfonamides is 1. The van der Waals surface area contributed by atoms with Crippen molar-refractivity contribution in [3.05, 3.63) is 53.8 Å². The molecule has 1 aliphatic heterocycles. The van der Waals surface area contributed by atoms with Gasteiger partial charge in [0.05, 0.1) is 11.9 Å². The van der Waals surface area contributed by atoms with Gasteiger partial charge in [-0.1, -0.05) is 19.1 Å². The van der Waals surface area contributed by atoms with Gasteiger partial charge in [-0.25, -0.2) is 12.8 Å². The highest BCUT2D eigenvalue weighted by atomic mass is 32.2. The number of ether oxygens (including phenoxy) is 2. The Bertz CT molecular complexity index is 1220. The summed E-state index contributed by atoms with van der Waals surface area (Å²) in [5.74, 6) is 0.0182. The molecule has 0 bridgehead atoms. The van der Waals surface area contributed by atoms with E-state index in [1.165, 1.54) is 21.3 Å². The number of benzene rings is 2. The molecule has 0 aromatic heterocycles. The van der Waals surface area contributed by atoms with E-state index < -0.39 is 21.9 Å². The van der Waals surface area contributed by atoms with Crippen molar-refractivity contribution in [2.45, 2.75) is 58.7 Å². The van der Waals surface area contributed by atoms with Crippen LogP contribution in [0.3, 0.4) is 0 Å². The molecule has 2 amide bonds. The Labute approximate surface area is 224 Å². The van der Waals surface area contributed by atoms with Crippen LogP contribution in [0, 0.1) is 5.82 Å². The van der Waals surface area contributed by atoms with E-state index in [1.54, 1.807) is 37.3 Å². The second kappa shape index (κ2) is 12.9. The highest BCUT2D eigenvalue weighted by Crippen LogP contribution is 2.34. The molecule has 1 heterocycles. The molecule has 2 atom stereocenters. The van der Waals surface area contributed by atoms with E-state index in [4.69, 9.17) is 9.47 Å². The monoisotopic (exact) mass is 549 g/mol. The molecule has 1 N–H and O–H groups in total. The Morgan fingerprint density at radius 1 is 1.05 bits per heavy atom. The topological polar surface area (TPSA) is 105 Å². The molecule has 2 aromatic carbocycles. The summed E-state index contributed by atoms with van der Waals surface area (Å²) in [7, 11) is -3.65. The largest absolute Gasteiger partial charge is 0.486 e. The van der Waals surface area contributed by atoms with Gasteiger partial charge in [-0.05, 0) is 56.5 Å². The maximum absolute atomic E-state index is 13.4. The number of fused-ring (bicyclic) bond motifs is 1. The number of anilines is 1. The van der Waals surface area contributed by atoms with E-state index >= 15 is 0 Å². The first kappa shape index (κ1) is 29.2. The van der Waals surface area contributed by atoms with Crippen molar-refractivity contribution >= 4 is 27.5 Å².